The molecule has 1 aliphatic rings. The van der Waals surface area contributed by atoms with Crippen molar-refractivity contribution in [3.63, 3.8) is 0 Å². The topological polar surface area (TPSA) is 72.9 Å². The van der Waals surface area contributed by atoms with Gasteiger partial charge >= 0.3 is 0 Å². The number of nitrogens with two attached hydrogens (primary N) is 1. The maximum absolute atomic E-state index is 12.4. The number of carbonyl (C=O) groups excluding carboxylic acids is 1. The summed E-state index contributed by atoms with van der Waals surface area (Å²) in [6.07, 6.45) is 5.95. The first-order valence-corrected chi connectivity index (χ1v) is 7.36. The Morgan fingerprint density at radius 2 is 1.91 bits per heavy atom. The number of carbonyl (C=O) groups is 1. The number of rotatable bonds is 4. The second-order valence-electron chi connectivity index (χ2n) is 5.63. The van der Waals surface area contributed by atoms with E-state index in [1.54, 1.807) is 16.9 Å². The minimum absolute atomic E-state index is 0. The summed E-state index contributed by atoms with van der Waals surface area (Å²) in [5, 5.41) is 7.44. The van der Waals surface area contributed by atoms with Crippen LogP contribution in [0.3, 0.4) is 0 Å². The Balaban J connectivity index is 0.00000176. The molecule has 1 fully saturated rings. The highest BCUT2D eigenvalue weighted by atomic mass is 35.5. The van der Waals surface area contributed by atoms with E-state index in [9.17, 15) is 4.79 Å². The molecule has 2 aromatic rings. The molecule has 0 radical (unpaired) electrons. The van der Waals surface area contributed by atoms with Gasteiger partial charge in [-0.05, 0) is 31.0 Å². The zero-order valence-electron chi connectivity index (χ0n) is 12.4. The van der Waals surface area contributed by atoms with Crippen molar-refractivity contribution in [1.29, 1.82) is 0 Å². The van der Waals surface area contributed by atoms with Gasteiger partial charge in [-0.25, -0.2) is 4.68 Å². The van der Waals surface area contributed by atoms with Gasteiger partial charge in [0.1, 0.15) is 0 Å². The third-order valence-corrected chi connectivity index (χ3v) is 4.17. The predicted octanol–water partition coefficient (Wildman–Crippen LogP) is 2.30. The Morgan fingerprint density at radius 1 is 1.23 bits per heavy atom. The molecule has 0 aliphatic heterocycles. The third kappa shape index (κ3) is 3.31. The molecule has 5 nitrogen and oxygen atoms in total. The lowest BCUT2D eigenvalue weighted by Crippen LogP contribution is -2.51. The number of amides is 1. The van der Waals surface area contributed by atoms with Crippen molar-refractivity contribution in [2.45, 2.75) is 31.2 Å². The minimum atomic E-state index is -0.242. The number of halogens is 1. The quantitative estimate of drug-likeness (QED) is 0.908. The molecule has 3 N–H and O–H groups in total. The molecule has 3 rings (SSSR count). The zero-order valence-corrected chi connectivity index (χ0v) is 13.2. The van der Waals surface area contributed by atoms with Gasteiger partial charge in [-0.2, -0.15) is 5.10 Å². The van der Waals surface area contributed by atoms with E-state index in [2.05, 4.69) is 10.4 Å². The summed E-state index contributed by atoms with van der Waals surface area (Å²) in [5.74, 6) is -0.142. The summed E-state index contributed by atoms with van der Waals surface area (Å²) in [7, 11) is 0. The molecule has 0 unspecified atom stereocenters. The molecular weight excluding hydrogens is 300 g/mol. The fourth-order valence-electron chi connectivity index (χ4n) is 2.91. The Bertz CT molecular complexity index is 620. The van der Waals surface area contributed by atoms with Crippen molar-refractivity contribution in [2.24, 2.45) is 5.73 Å². The molecular formula is C16H21ClN4O. The average molecular weight is 321 g/mol. The highest BCUT2D eigenvalue weighted by molar-refractivity contribution is 5.92. The predicted molar refractivity (Wildman–Crippen MR) is 88.5 cm³/mol. The van der Waals surface area contributed by atoms with Crippen LogP contribution < -0.4 is 11.1 Å². The van der Waals surface area contributed by atoms with Crippen LogP contribution >= 0.6 is 12.4 Å². The summed E-state index contributed by atoms with van der Waals surface area (Å²) in [5.41, 5.74) is 6.97. The Kier molecular flexibility index (Phi) is 5.21. The Hall–Kier alpha value is -1.85. The lowest BCUT2D eigenvalue weighted by atomic mass is 9.97. The molecule has 1 saturated carbocycles. The minimum Gasteiger partial charge on any atom is -0.344 e. The van der Waals surface area contributed by atoms with Crippen LogP contribution in [0.4, 0.5) is 0 Å². The SMILES string of the molecule is Cl.NCC1(NC(=O)c2ccn(-c3ccccc3)n2)CCCC1. The van der Waals surface area contributed by atoms with Crippen molar-refractivity contribution in [1.82, 2.24) is 15.1 Å². The van der Waals surface area contributed by atoms with Crippen LogP contribution in [0.25, 0.3) is 5.69 Å². The van der Waals surface area contributed by atoms with Crippen molar-refractivity contribution in [2.75, 3.05) is 6.54 Å². The summed E-state index contributed by atoms with van der Waals surface area (Å²) in [4.78, 5) is 12.4. The highest BCUT2D eigenvalue weighted by Gasteiger charge is 2.34. The lowest BCUT2D eigenvalue weighted by Gasteiger charge is -2.28. The molecule has 0 saturated heterocycles. The first-order chi connectivity index (χ1) is 10.2. The fourth-order valence-corrected chi connectivity index (χ4v) is 2.91. The molecule has 0 spiro atoms. The Labute approximate surface area is 136 Å². The van der Waals surface area contributed by atoms with Gasteiger partial charge in [0.2, 0.25) is 0 Å². The maximum atomic E-state index is 12.4. The number of aromatic nitrogens is 2. The standard InChI is InChI=1S/C16H20N4O.ClH/c17-12-16(9-4-5-10-16)18-15(21)14-8-11-20(19-14)13-6-2-1-3-7-13;/h1-3,6-8,11H,4-5,9-10,12,17H2,(H,18,21);1H. The van der Waals surface area contributed by atoms with Crippen molar-refractivity contribution < 1.29 is 4.79 Å². The summed E-state index contributed by atoms with van der Waals surface area (Å²) in [6.45, 7) is 0.484. The second kappa shape index (κ2) is 6.94. The molecule has 1 heterocycles. The number of nitrogens with one attached hydrogen (secondary N) is 1. The van der Waals surface area contributed by atoms with Crippen LogP contribution in [0.1, 0.15) is 36.2 Å². The Morgan fingerprint density at radius 3 is 2.55 bits per heavy atom. The van der Waals surface area contributed by atoms with Crippen LogP contribution in [0, 0.1) is 0 Å². The first kappa shape index (κ1) is 16.5. The van der Waals surface area contributed by atoms with Gasteiger partial charge in [-0.3, -0.25) is 4.79 Å². The average Bonchev–Trinajstić information content (AvgIpc) is 3.18. The summed E-state index contributed by atoms with van der Waals surface area (Å²) >= 11 is 0. The molecule has 0 atom stereocenters. The highest BCUT2D eigenvalue weighted by Crippen LogP contribution is 2.28. The van der Waals surface area contributed by atoms with E-state index in [0.717, 1.165) is 31.4 Å². The van der Waals surface area contributed by atoms with Crippen molar-refractivity contribution in [3.8, 4) is 5.69 Å². The normalized spacial score (nSPS) is 16.0. The van der Waals surface area contributed by atoms with Crippen LogP contribution in [0.15, 0.2) is 42.6 Å². The van der Waals surface area contributed by atoms with Gasteiger partial charge in [0.25, 0.3) is 5.91 Å². The number of hydrogen-bond donors (Lipinski definition) is 2. The van der Waals surface area contributed by atoms with E-state index >= 15 is 0 Å². The first-order valence-electron chi connectivity index (χ1n) is 7.36. The molecule has 1 aromatic heterocycles. The largest absolute Gasteiger partial charge is 0.344 e. The number of para-hydroxylation sites is 1. The molecule has 6 heteroatoms. The van der Waals surface area contributed by atoms with Gasteiger partial charge < -0.3 is 11.1 Å². The van der Waals surface area contributed by atoms with Crippen LogP contribution in [0.5, 0.6) is 0 Å². The fraction of sp³-hybridized carbons (Fsp3) is 0.375. The van der Waals surface area contributed by atoms with Gasteiger partial charge in [0.15, 0.2) is 5.69 Å². The van der Waals surface area contributed by atoms with E-state index < -0.39 is 0 Å². The summed E-state index contributed by atoms with van der Waals surface area (Å²) < 4.78 is 1.71. The summed E-state index contributed by atoms with van der Waals surface area (Å²) in [6, 6.07) is 11.5. The van der Waals surface area contributed by atoms with Gasteiger partial charge in [0.05, 0.1) is 11.2 Å². The molecule has 22 heavy (non-hydrogen) atoms. The molecule has 1 aromatic carbocycles. The third-order valence-electron chi connectivity index (χ3n) is 4.17. The van der Waals surface area contributed by atoms with Crippen LogP contribution in [-0.2, 0) is 0 Å². The lowest BCUT2D eigenvalue weighted by molar-refractivity contribution is 0.0897. The van der Waals surface area contributed by atoms with E-state index in [0.29, 0.717) is 12.2 Å². The van der Waals surface area contributed by atoms with E-state index in [-0.39, 0.29) is 23.9 Å². The van der Waals surface area contributed by atoms with Crippen LogP contribution in [-0.4, -0.2) is 27.8 Å². The van der Waals surface area contributed by atoms with Gasteiger partial charge in [0, 0.05) is 12.7 Å². The number of benzene rings is 1. The number of hydrogen-bond acceptors (Lipinski definition) is 3. The molecule has 118 valence electrons. The van der Waals surface area contributed by atoms with Crippen LogP contribution in [0.2, 0.25) is 0 Å². The van der Waals surface area contributed by atoms with Gasteiger partial charge in [-0.1, -0.05) is 31.0 Å². The molecule has 1 aliphatic carbocycles. The van der Waals surface area contributed by atoms with Crippen molar-refractivity contribution in [3.05, 3.63) is 48.3 Å². The van der Waals surface area contributed by atoms with E-state index in [1.165, 1.54) is 0 Å². The monoisotopic (exact) mass is 320 g/mol. The zero-order chi connectivity index (χ0) is 14.7. The smallest absolute Gasteiger partial charge is 0.272 e. The molecule has 0 bridgehead atoms. The van der Waals surface area contributed by atoms with Crippen molar-refractivity contribution >= 4 is 18.3 Å². The maximum Gasteiger partial charge on any atom is 0.272 e. The van der Waals surface area contributed by atoms with E-state index in [1.807, 2.05) is 30.3 Å². The van der Waals surface area contributed by atoms with E-state index in [4.69, 9.17) is 5.73 Å². The van der Waals surface area contributed by atoms with Gasteiger partial charge in [-0.15, -0.1) is 12.4 Å². The number of nitrogens with zero attached hydrogens (tertiary/aromatic N) is 2. The molecule has 1 amide bonds. The second-order valence-corrected chi connectivity index (χ2v) is 5.63.